The first-order valence-electron chi connectivity index (χ1n) is 9.67. The first-order valence-corrected chi connectivity index (χ1v) is 9.67. The second-order valence-corrected chi connectivity index (χ2v) is 7.08. The summed E-state index contributed by atoms with van der Waals surface area (Å²) in [6.07, 6.45) is 3.14. The Hall–Kier alpha value is -2.99. The zero-order valence-corrected chi connectivity index (χ0v) is 16.3. The van der Waals surface area contributed by atoms with E-state index in [2.05, 4.69) is 18.2 Å². The number of allylic oxidation sites excluding steroid dienone is 1. The lowest BCUT2D eigenvalue weighted by Gasteiger charge is -2.20. The highest BCUT2D eigenvalue weighted by Crippen LogP contribution is 2.32. The van der Waals surface area contributed by atoms with Crippen LogP contribution in [0.5, 0.6) is 5.75 Å². The third kappa shape index (κ3) is 4.71. The van der Waals surface area contributed by atoms with Gasteiger partial charge in [-0.05, 0) is 24.0 Å². The number of hydrogen-bond donors (Lipinski definition) is 0. The first kappa shape index (κ1) is 19.3. The van der Waals surface area contributed by atoms with E-state index in [-0.39, 0.29) is 25.3 Å². The van der Waals surface area contributed by atoms with Crippen LogP contribution in [0.25, 0.3) is 0 Å². The lowest BCUT2D eigenvalue weighted by molar-refractivity contribution is -0.142. The topological polar surface area (TPSA) is 63.2 Å². The normalized spacial score (nSPS) is 19.1. The standard InChI is InChI=1S/C23H24O6/c1-25-23-17(8-5-9-18(23)12-22-27-14-21(24)29-22)11-19(20-13-26-15-28-20)10-16-6-3-2-4-7-16/h2-9,13,19,22H,10-12,14-15H2,1H3. The van der Waals surface area contributed by atoms with E-state index >= 15 is 0 Å². The van der Waals surface area contributed by atoms with E-state index in [9.17, 15) is 4.79 Å². The Bertz CT molecular complexity index is 876. The first-order chi connectivity index (χ1) is 14.2. The Labute approximate surface area is 170 Å². The second-order valence-electron chi connectivity index (χ2n) is 7.08. The van der Waals surface area contributed by atoms with E-state index in [0.29, 0.717) is 6.42 Å². The van der Waals surface area contributed by atoms with Crippen LogP contribution >= 0.6 is 0 Å². The Balaban J connectivity index is 1.56. The maximum atomic E-state index is 11.3. The van der Waals surface area contributed by atoms with Crippen molar-refractivity contribution in [2.45, 2.75) is 25.6 Å². The minimum absolute atomic E-state index is 0.00266. The van der Waals surface area contributed by atoms with Crippen LogP contribution in [-0.2, 0) is 43.0 Å². The molecule has 6 nitrogen and oxygen atoms in total. The summed E-state index contributed by atoms with van der Waals surface area (Å²) < 4.78 is 27.3. The van der Waals surface area contributed by atoms with Crippen LogP contribution in [0.1, 0.15) is 16.7 Å². The highest BCUT2D eigenvalue weighted by atomic mass is 16.7. The molecule has 2 unspecified atom stereocenters. The second kappa shape index (κ2) is 9.01. The number of carbonyl (C=O) groups is 1. The van der Waals surface area contributed by atoms with E-state index in [1.165, 1.54) is 5.56 Å². The van der Waals surface area contributed by atoms with Gasteiger partial charge in [-0.25, -0.2) is 4.79 Å². The molecule has 0 aliphatic carbocycles. The Morgan fingerprint density at radius 3 is 2.59 bits per heavy atom. The van der Waals surface area contributed by atoms with Crippen LogP contribution in [0, 0.1) is 5.92 Å². The maximum absolute atomic E-state index is 11.3. The van der Waals surface area contributed by atoms with Crippen LogP contribution in [0.4, 0.5) is 0 Å². The van der Waals surface area contributed by atoms with Crippen LogP contribution in [0.2, 0.25) is 0 Å². The van der Waals surface area contributed by atoms with Crippen molar-refractivity contribution in [1.82, 2.24) is 0 Å². The van der Waals surface area contributed by atoms with Gasteiger partial charge in [-0.1, -0.05) is 48.5 Å². The fraction of sp³-hybridized carbons (Fsp3) is 0.348. The SMILES string of the molecule is COc1c(CC2OCC(=O)O2)cccc1CC(Cc1ccccc1)C1=COCO1. The molecular formula is C23H24O6. The Morgan fingerprint density at radius 2 is 1.90 bits per heavy atom. The Kier molecular flexibility index (Phi) is 6.00. The van der Waals surface area contributed by atoms with E-state index in [0.717, 1.165) is 35.5 Å². The quantitative estimate of drug-likeness (QED) is 0.638. The van der Waals surface area contributed by atoms with Crippen molar-refractivity contribution in [3.63, 3.8) is 0 Å². The van der Waals surface area contributed by atoms with Crippen molar-refractivity contribution >= 4 is 5.97 Å². The summed E-state index contributed by atoms with van der Waals surface area (Å²) in [5.74, 6) is 1.41. The molecule has 0 radical (unpaired) electrons. The van der Waals surface area contributed by atoms with Crippen molar-refractivity contribution in [2.24, 2.45) is 5.92 Å². The molecule has 0 saturated carbocycles. The van der Waals surface area contributed by atoms with Crippen molar-refractivity contribution < 1.29 is 28.5 Å². The molecule has 2 atom stereocenters. The van der Waals surface area contributed by atoms with Gasteiger partial charge < -0.3 is 23.7 Å². The smallest absolute Gasteiger partial charge is 0.334 e. The molecule has 0 bridgehead atoms. The molecular weight excluding hydrogens is 372 g/mol. The van der Waals surface area contributed by atoms with Gasteiger partial charge in [-0.2, -0.15) is 0 Å². The molecule has 2 aliphatic heterocycles. The maximum Gasteiger partial charge on any atom is 0.334 e. The van der Waals surface area contributed by atoms with E-state index < -0.39 is 6.29 Å². The van der Waals surface area contributed by atoms with E-state index in [4.69, 9.17) is 23.7 Å². The predicted molar refractivity (Wildman–Crippen MR) is 105 cm³/mol. The molecule has 0 spiro atoms. The van der Waals surface area contributed by atoms with Crippen molar-refractivity contribution in [1.29, 1.82) is 0 Å². The van der Waals surface area contributed by atoms with Gasteiger partial charge in [0.25, 0.3) is 0 Å². The van der Waals surface area contributed by atoms with Crippen molar-refractivity contribution in [3.8, 4) is 5.75 Å². The van der Waals surface area contributed by atoms with Crippen LogP contribution in [0.15, 0.2) is 60.6 Å². The molecule has 0 aromatic heterocycles. The van der Waals surface area contributed by atoms with Gasteiger partial charge in [-0.3, -0.25) is 0 Å². The summed E-state index contributed by atoms with van der Waals surface area (Å²) in [5.41, 5.74) is 3.24. The summed E-state index contributed by atoms with van der Waals surface area (Å²) in [6, 6.07) is 16.3. The number of rotatable bonds is 8. The number of hydrogen-bond acceptors (Lipinski definition) is 6. The molecule has 0 amide bonds. The zero-order valence-electron chi connectivity index (χ0n) is 16.3. The number of cyclic esters (lactones) is 1. The fourth-order valence-corrected chi connectivity index (χ4v) is 3.78. The van der Waals surface area contributed by atoms with Gasteiger partial charge in [0, 0.05) is 17.9 Å². The predicted octanol–water partition coefficient (Wildman–Crippen LogP) is 3.38. The van der Waals surface area contributed by atoms with Gasteiger partial charge in [0.15, 0.2) is 0 Å². The van der Waals surface area contributed by atoms with E-state index in [1.54, 1.807) is 13.4 Å². The monoisotopic (exact) mass is 396 g/mol. The van der Waals surface area contributed by atoms with Crippen molar-refractivity contribution in [2.75, 3.05) is 20.5 Å². The molecule has 2 heterocycles. The van der Waals surface area contributed by atoms with Gasteiger partial charge in [-0.15, -0.1) is 0 Å². The minimum Gasteiger partial charge on any atom is -0.496 e. The molecule has 0 N–H and O–H groups in total. The third-order valence-corrected chi connectivity index (χ3v) is 5.11. The highest BCUT2D eigenvalue weighted by molar-refractivity contribution is 5.72. The highest BCUT2D eigenvalue weighted by Gasteiger charge is 2.27. The van der Waals surface area contributed by atoms with Gasteiger partial charge in [0.2, 0.25) is 13.1 Å². The minimum atomic E-state index is -0.568. The summed E-state index contributed by atoms with van der Waals surface area (Å²) in [5, 5.41) is 0. The lowest BCUT2D eigenvalue weighted by Crippen LogP contribution is -2.15. The molecule has 29 heavy (non-hydrogen) atoms. The summed E-state index contributed by atoms with van der Waals surface area (Å²) in [7, 11) is 1.66. The fourth-order valence-electron chi connectivity index (χ4n) is 3.78. The third-order valence-electron chi connectivity index (χ3n) is 5.11. The molecule has 4 rings (SSSR count). The number of esters is 1. The summed E-state index contributed by atoms with van der Waals surface area (Å²) >= 11 is 0. The largest absolute Gasteiger partial charge is 0.496 e. The molecule has 1 saturated heterocycles. The zero-order chi connectivity index (χ0) is 20.1. The number of para-hydroxylation sites is 1. The summed E-state index contributed by atoms with van der Waals surface area (Å²) in [6.45, 7) is 0.250. The number of ether oxygens (including phenoxy) is 5. The summed E-state index contributed by atoms with van der Waals surface area (Å²) in [4.78, 5) is 11.3. The van der Waals surface area contributed by atoms with Crippen LogP contribution < -0.4 is 4.74 Å². The number of benzene rings is 2. The average Bonchev–Trinajstić information content (AvgIpc) is 3.41. The van der Waals surface area contributed by atoms with Gasteiger partial charge in [0.1, 0.15) is 24.4 Å². The molecule has 2 aliphatic rings. The van der Waals surface area contributed by atoms with Gasteiger partial charge >= 0.3 is 5.97 Å². The number of methoxy groups -OCH3 is 1. The van der Waals surface area contributed by atoms with E-state index in [1.807, 2.05) is 30.3 Å². The average molecular weight is 396 g/mol. The molecule has 6 heteroatoms. The van der Waals surface area contributed by atoms with Crippen molar-refractivity contribution in [3.05, 3.63) is 77.2 Å². The Morgan fingerprint density at radius 1 is 1.07 bits per heavy atom. The lowest BCUT2D eigenvalue weighted by atomic mass is 9.89. The molecule has 2 aromatic rings. The molecule has 2 aromatic carbocycles. The molecule has 152 valence electrons. The van der Waals surface area contributed by atoms with Crippen LogP contribution in [0.3, 0.4) is 0 Å². The molecule has 1 fully saturated rings. The van der Waals surface area contributed by atoms with Crippen LogP contribution in [-0.4, -0.2) is 32.8 Å². The number of carbonyl (C=O) groups excluding carboxylic acids is 1. The van der Waals surface area contributed by atoms with Gasteiger partial charge in [0.05, 0.1) is 7.11 Å².